The molecule has 0 saturated heterocycles. The molecule has 1 fully saturated rings. The molecule has 2 heteroatoms. The summed E-state index contributed by atoms with van der Waals surface area (Å²) in [7, 11) is 0. The van der Waals surface area contributed by atoms with Crippen molar-refractivity contribution < 1.29 is 0 Å². The van der Waals surface area contributed by atoms with Gasteiger partial charge in [0.15, 0.2) is 0 Å². The zero-order valence-electron chi connectivity index (χ0n) is 10.8. The van der Waals surface area contributed by atoms with Crippen LogP contribution in [-0.2, 0) is 6.54 Å². The van der Waals surface area contributed by atoms with Crippen LogP contribution in [0.15, 0.2) is 18.2 Å². The van der Waals surface area contributed by atoms with Gasteiger partial charge in [0, 0.05) is 18.5 Å². The summed E-state index contributed by atoms with van der Waals surface area (Å²) in [4.78, 5) is 0. The number of benzene rings is 1. The molecule has 0 spiro atoms. The van der Waals surface area contributed by atoms with Gasteiger partial charge in [-0.3, -0.25) is 0 Å². The Morgan fingerprint density at radius 1 is 1.24 bits per heavy atom. The first-order valence-corrected chi connectivity index (χ1v) is 7.09. The first-order chi connectivity index (χ1) is 8.20. The predicted octanol–water partition coefficient (Wildman–Crippen LogP) is 3.80. The van der Waals surface area contributed by atoms with E-state index in [1.54, 1.807) is 0 Å². The van der Waals surface area contributed by atoms with Crippen molar-refractivity contribution in [3.63, 3.8) is 0 Å². The smallest absolute Gasteiger partial charge is 0.0266 e. The van der Waals surface area contributed by atoms with Crippen LogP contribution in [0.3, 0.4) is 0 Å². The minimum absolute atomic E-state index is 0.620. The Balaban J connectivity index is 1.91. The summed E-state index contributed by atoms with van der Waals surface area (Å²) < 4.78 is 0. The maximum absolute atomic E-state index is 5.99. The highest BCUT2D eigenvalue weighted by Gasteiger charge is 2.25. The standard InChI is InChI=1S/C15H22ClN/c1-11-6-7-13(8-12(11)2)10-17-15-5-3-4-14(15)9-16/h6-8,14-15,17H,3-5,9-10H2,1-2H3. The largest absolute Gasteiger partial charge is 0.310 e. The van der Waals surface area contributed by atoms with Crippen molar-refractivity contribution in [2.24, 2.45) is 5.92 Å². The van der Waals surface area contributed by atoms with Crippen LogP contribution < -0.4 is 5.32 Å². The molecule has 2 unspecified atom stereocenters. The van der Waals surface area contributed by atoms with Crippen LogP contribution in [0.5, 0.6) is 0 Å². The molecule has 0 amide bonds. The van der Waals surface area contributed by atoms with E-state index in [1.165, 1.54) is 36.0 Å². The van der Waals surface area contributed by atoms with E-state index in [0.717, 1.165) is 12.4 Å². The number of alkyl halides is 1. The monoisotopic (exact) mass is 251 g/mol. The normalized spacial score (nSPS) is 24.2. The van der Waals surface area contributed by atoms with Crippen molar-refractivity contribution in [2.45, 2.75) is 45.7 Å². The second-order valence-corrected chi connectivity index (χ2v) is 5.56. The van der Waals surface area contributed by atoms with Gasteiger partial charge >= 0.3 is 0 Å². The molecule has 1 aromatic carbocycles. The van der Waals surface area contributed by atoms with Crippen LogP contribution in [-0.4, -0.2) is 11.9 Å². The lowest BCUT2D eigenvalue weighted by Crippen LogP contribution is -2.32. The zero-order chi connectivity index (χ0) is 12.3. The number of rotatable bonds is 4. The summed E-state index contributed by atoms with van der Waals surface area (Å²) in [5.74, 6) is 1.47. The molecule has 0 radical (unpaired) electrons. The Hall–Kier alpha value is -0.530. The second kappa shape index (κ2) is 5.88. The number of aryl methyl sites for hydroxylation is 2. The Labute approximate surface area is 110 Å². The Kier molecular flexibility index (Phi) is 4.47. The van der Waals surface area contributed by atoms with Crippen molar-refractivity contribution in [1.82, 2.24) is 5.32 Å². The van der Waals surface area contributed by atoms with Gasteiger partial charge in [-0.15, -0.1) is 11.6 Å². The zero-order valence-corrected chi connectivity index (χ0v) is 11.6. The van der Waals surface area contributed by atoms with Crippen LogP contribution in [0.2, 0.25) is 0 Å². The van der Waals surface area contributed by atoms with Crippen molar-refractivity contribution >= 4 is 11.6 Å². The van der Waals surface area contributed by atoms with Crippen LogP contribution in [0.25, 0.3) is 0 Å². The lowest BCUT2D eigenvalue weighted by atomic mass is 10.0. The summed E-state index contributed by atoms with van der Waals surface area (Å²) >= 11 is 5.99. The van der Waals surface area contributed by atoms with Gasteiger partial charge in [0.2, 0.25) is 0 Å². The van der Waals surface area contributed by atoms with Crippen LogP contribution in [0, 0.1) is 19.8 Å². The molecule has 17 heavy (non-hydrogen) atoms. The van der Waals surface area contributed by atoms with Crippen molar-refractivity contribution in [1.29, 1.82) is 0 Å². The quantitative estimate of drug-likeness (QED) is 0.803. The van der Waals surface area contributed by atoms with E-state index in [1.807, 2.05) is 0 Å². The summed E-state index contributed by atoms with van der Waals surface area (Å²) in [5.41, 5.74) is 4.13. The van der Waals surface area contributed by atoms with Crippen LogP contribution in [0.4, 0.5) is 0 Å². The molecule has 1 N–H and O–H groups in total. The van der Waals surface area contributed by atoms with Crippen molar-refractivity contribution in [2.75, 3.05) is 5.88 Å². The van der Waals surface area contributed by atoms with E-state index in [9.17, 15) is 0 Å². The summed E-state index contributed by atoms with van der Waals surface area (Å²) in [6.07, 6.45) is 3.89. The lowest BCUT2D eigenvalue weighted by Gasteiger charge is -2.19. The molecule has 0 heterocycles. The van der Waals surface area contributed by atoms with Gasteiger partial charge in [0.25, 0.3) is 0 Å². The molecule has 2 rings (SSSR count). The third-order valence-electron chi connectivity index (χ3n) is 4.00. The molecule has 0 bridgehead atoms. The van der Waals surface area contributed by atoms with Crippen molar-refractivity contribution in [3.05, 3.63) is 34.9 Å². The topological polar surface area (TPSA) is 12.0 Å². The summed E-state index contributed by atoms with van der Waals surface area (Å²) in [6, 6.07) is 7.33. The molecule has 1 aliphatic carbocycles. The van der Waals surface area contributed by atoms with E-state index in [0.29, 0.717) is 12.0 Å². The molecule has 1 nitrogen and oxygen atoms in total. The molecule has 94 valence electrons. The van der Waals surface area contributed by atoms with E-state index in [2.05, 4.69) is 37.4 Å². The minimum atomic E-state index is 0.620. The number of hydrogen-bond acceptors (Lipinski definition) is 1. The fraction of sp³-hybridized carbons (Fsp3) is 0.600. The molecule has 1 aromatic rings. The third-order valence-corrected chi connectivity index (χ3v) is 4.39. The van der Waals surface area contributed by atoms with Gasteiger partial charge in [-0.25, -0.2) is 0 Å². The number of nitrogens with one attached hydrogen (secondary N) is 1. The van der Waals surface area contributed by atoms with Gasteiger partial charge in [-0.2, -0.15) is 0 Å². The summed E-state index contributed by atoms with van der Waals surface area (Å²) in [5, 5.41) is 3.66. The average molecular weight is 252 g/mol. The maximum Gasteiger partial charge on any atom is 0.0266 e. The first kappa shape index (κ1) is 12.9. The van der Waals surface area contributed by atoms with Crippen molar-refractivity contribution in [3.8, 4) is 0 Å². The fourth-order valence-electron chi connectivity index (χ4n) is 2.65. The Morgan fingerprint density at radius 3 is 2.76 bits per heavy atom. The highest BCUT2D eigenvalue weighted by Crippen LogP contribution is 2.26. The highest BCUT2D eigenvalue weighted by atomic mass is 35.5. The second-order valence-electron chi connectivity index (χ2n) is 5.25. The third kappa shape index (κ3) is 3.23. The van der Waals surface area contributed by atoms with E-state index < -0.39 is 0 Å². The SMILES string of the molecule is Cc1ccc(CNC2CCCC2CCl)cc1C. The van der Waals surface area contributed by atoms with Gasteiger partial charge in [0.1, 0.15) is 0 Å². The molecule has 2 atom stereocenters. The first-order valence-electron chi connectivity index (χ1n) is 6.56. The number of hydrogen-bond donors (Lipinski definition) is 1. The minimum Gasteiger partial charge on any atom is -0.310 e. The van der Waals surface area contributed by atoms with Gasteiger partial charge in [-0.05, 0) is 49.3 Å². The van der Waals surface area contributed by atoms with Gasteiger partial charge < -0.3 is 5.32 Å². The molecule has 1 saturated carbocycles. The molecular weight excluding hydrogens is 230 g/mol. The average Bonchev–Trinajstić information content (AvgIpc) is 2.78. The lowest BCUT2D eigenvalue weighted by molar-refractivity contribution is 0.429. The Morgan fingerprint density at radius 2 is 2.06 bits per heavy atom. The van der Waals surface area contributed by atoms with Gasteiger partial charge in [0.05, 0.1) is 0 Å². The van der Waals surface area contributed by atoms with E-state index in [4.69, 9.17) is 11.6 Å². The molecule has 0 aliphatic heterocycles. The van der Waals surface area contributed by atoms with E-state index in [-0.39, 0.29) is 0 Å². The van der Waals surface area contributed by atoms with E-state index >= 15 is 0 Å². The molecular formula is C15H22ClN. The molecule has 0 aromatic heterocycles. The number of halogens is 1. The summed E-state index contributed by atoms with van der Waals surface area (Å²) in [6.45, 7) is 5.31. The van der Waals surface area contributed by atoms with Crippen LogP contribution >= 0.6 is 11.6 Å². The maximum atomic E-state index is 5.99. The van der Waals surface area contributed by atoms with Crippen LogP contribution in [0.1, 0.15) is 36.0 Å². The Bertz CT molecular complexity index is 375. The highest BCUT2D eigenvalue weighted by molar-refractivity contribution is 6.18. The predicted molar refractivity (Wildman–Crippen MR) is 74.6 cm³/mol. The fourth-order valence-corrected chi connectivity index (χ4v) is 3.02. The van der Waals surface area contributed by atoms with Gasteiger partial charge in [-0.1, -0.05) is 24.6 Å². The molecule has 1 aliphatic rings.